The minimum atomic E-state index is -3.60. The van der Waals surface area contributed by atoms with Crippen molar-refractivity contribution < 1.29 is 8.42 Å². The van der Waals surface area contributed by atoms with Gasteiger partial charge in [-0.3, -0.25) is 0 Å². The van der Waals surface area contributed by atoms with E-state index in [1.165, 1.54) is 17.0 Å². The number of benzene rings is 1. The number of fused-ring (bicyclic) bond motifs is 1. The molecular weight excluding hydrogens is 528 g/mol. The van der Waals surface area contributed by atoms with Crippen LogP contribution in [0.15, 0.2) is 41.4 Å². The molecule has 0 bridgehead atoms. The molecule has 210 valence electrons. The maximum atomic E-state index is 13.2. The van der Waals surface area contributed by atoms with Gasteiger partial charge in [0.15, 0.2) is 5.13 Å². The highest BCUT2D eigenvalue weighted by Gasteiger charge is 2.29. The monoisotopic (exact) mass is 568 g/mol. The van der Waals surface area contributed by atoms with Crippen LogP contribution in [0.25, 0.3) is 11.3 Å². The normalized spacial score (nSPS) is 21.7. The number of nitrogens with zero attached hydrogens (tertiary/aromatic N) is 4. The first-order chi connectivity index (χ1) is 18.8. The van der Waals surface area contributed by atoms with Crippen molar-refractivity contribution in [1.82, 2.24) is 24.6 Å². The fourth-order valence-electron chi connectivity index (χ4n) is 6.10. The molecular formula is C29H40N6O2S2. The van der Waals surface area contributed by atoms with E-state index in [0.717, 1.165) is 75.7 Å². The van der Waals surface area contributed by atoms with E-state index in [1.807, 2.05) is 13.0 Å². The predicted molar refractivity (Wildman–Crippen MR) is 157 cm³/mol. The third kappa shape index (κ3) is 7.03. The van der Waals surface area contributed by atoms with Gasteiger partial charge in [-0.05, 0) is 102 Å². The third-order valence-electron chi connectivity index (χ3n) is 8.17. The van der Waals surface area contributed by atoms with Gasteiger partial charge >= 0.3 is 0 Å². The van der Waals surface area contributed by atoms with Crippen LogP contribution in [0.1, 0.15) is 68.3 Å². The summed E-state index contributed by atoms with van der Waals surface area (Å²) in [5.41, 5.74) is 8.67. The summed E-state index contributed by atoms with van der Waals surface area (Å²) in [4.78, 5) is 17.4. The van der Waals surface area contributed by atoms with E-state index >= 15 is 0 Å². The first-order valence-corrected chi connectivity index (χ1v) is 16.5. The number of nitrogen functional groups attached to an aromatic ring is 1. The summed E-state index contributed by atoms with van der Waals surface area (Å²) in [5, 5.41) is 0.698. The molecule has 1 atom stereocenters. The Morgan fingerprint density at radius 2 is 1.92 bits per heavy atom. The van der Waals surface area contributed by atoms with Gasteiger partial charge < -0.3 is 10.6 Å². The van der Waals surface area contributed by atoms with Gasteiger partial charge in [-0.1, -0.05) is 19.1 Å². The summed E-state index contributed by atoms with van der Waals surface area (Å²) in [7, 11) is -3.60. The maximum absolute atomic E-state index is 13.2. The lowest BCUT2D eigenvalue weighted by atomic mass is 9.84. The van der Waals surface area contributed by atoms with Crippen LogP contribution in [0.5, 0.6) is 0 Å². The van der Waals surface area contributed by atoms with E-state index in [1.54, 1.807) is 41.8 Å². The zero-order chi connectivity index (χ0) is 27.4. The molecule has 8 nitrogen and oxygen atoms in total. The highest BCUT2D eigenvalue weighted by atomic mass is 32.2. The number of anilines is 1. The Morgan fingerprint density at radius 3 is 2.69 bits per heavy atom. The number of thiazole rings is 1. The molecule has 5 rings (SSSR count). The third-order valence-corrected chi connectivity index (χ3v) is 10.6. The maximum Gasteiger partial charge on any atom is 0.240 e. The molecule has 0 saturated heterocycles. The van der Waals surface area contributed by atoms with Crippen molar-refractivity contribution >= 4 is 26.5 Å². The number of rotatable bonds is 10. The molecule has 2 aliphatic carbocycles. The molecule has 3 N–H and O–H groups in total. The van der Waals surface area contributed by atoms with Gasteiger partial charge in [0, 0.05) is 28.7 Å². The van der Waals surface area contributed by atoms with E-state index < -0.39 is 10.0 Å². The standard InChI is InChI=1S/C29H40N6O2S2/c1-3-16-35(24-11-12-27-28(19-24)38-29(30)33-27)17-14-21-7-9-23(10-8-21)34-39(36,37)25-6-4-5-22(18-25)26-13-15-31-20(2)32-26/h4-6,13,15,18,21,23-24,34H,3,7-12,14,16-17,19H2,1-2H3,(H2,30,33). The van der Waals surface area contributed by atoms with Crippen molar-refractivity contribution in [3.63, 3.8) is 0 Å². The zero-order valence-corrected chi connectivity index (χ0v) is 24.6. The van der Waals surface area contributed by atoms with Crippen molar-refractivity contribution in [2.75, 3.05) is 18.8 Å². The summed E-state index contributed by atoms with van der Waals surface area (Å²) in [6.07, 6.45) is 11.2. The number of aromatic nitrogens is 3. The summed E-state index contributed by atoms with van der Waals surface area (Å²) in [5.74, 6) is 1.30. The fourth-order valence-corrected chi connectivity index (χ4v) is 8.40. The molecule has 2 aromatic heterocycles. The number of nitrogens with two attached hydrogens (primary N) is 1. The first-order valence-electron chi connectivity index (χ1n) is 14.2. The van der Waals surface area contributed by atoms with Gasteiger partial charge in [-0.15, -0.1) is 11.3 Å². The van der Waals surface area contributed by atoms with Crippen LogP contribution in [-0.2, 0) is 22.9 Å². The van der Waals surface area contributed by atoms with Crippen LogP contribution in [0.3, 0.4) is 0 Å². The number of nitrogens with one attached hydrogen (secondary N) is 1. The Bertz CT molecular complexity index is 1370. The van der Waals surface area contributed by atoms with Crippen LogP contribution >= 0.6 is 11.3 Å². The lowest BCUT2D eigenvalue weighted by molar-refractivity contribution is 0.158. The van der Waals surface area contributed by atoms with E-state index in [-0.39, 0.29) is 10.9 Å². The lowest BCUT2D eigenvalue weighted by Crippen LogP contribution is -2.41. The SMILES string of the molecule is CCCN(CCC1CCC(NS(=O)(=O)c2cccc(-c3ccnc(C)n3)c2)CC1)C1CCc2nc(N)sc2C1. The van der Waals surface area contributed by atoms with Crippen molar-refractivity contribution in [3.8, 4) is 11.3 Å². The smallest absolute Gasteiger partial charge is 0.240 e. The van der Waals surface area contributed by atoms with E-state index in [0.29, 0.717) is 22.9 Å². The van der Waals surface area contributed by atoms with Gasteiger partial charge in [0.25, 0.3) is 0 Å². The average molecular weight is 569 g/mol. The molecule has 3 aromatic rings. The van der Waals surface area contributed by atoms with Crippen molar-refractivity contribution in [2.45, 2.75) is 88.6 Å². The molecule has 0 radical (unpaired) electrons. The van der Waals surface area contributed by atoms with Crippen LogP contribution in [0.2, 0.25) is 0 Å². The Hall–Kier alpha value is -2.40. The van der Waals surface area contributed by atoms with Gasteiger partial charge in [0.1, 0.15) is 5.82 Å². The van der Waals surface area contributed by atoms with E-state index in [2.05, 4.69) is 31.5 Å². The molecule has 2 aliphatic rings. The molecule has 1 saturated carbocycles. The van der Waals surface area contributed by atoms with Crippen molar-refractivity contribution in [2.24, 2.45) is 5.92 Å². The number of sulfonamides is 1. The van der Waals surface area contributed by atoms with Crippen LogP contribution in [0, 0.1) is 12.8 Å². The predicted octanol–water partition coefficient (Wildman–Crippen LogP) is 4.99. The quantitative estimate of drug-likeness (QED) is 0.354. The summed E-state index contributed by atoms with van der Waals surface area (Å²) in [6, 6.07) is 9.37. The molecule has 1 unspecified atom stereocenters. The van der Waals surface area contributed by atoms with Gasteiger partial charge in [0.2, 0.25) is 10.0 Å². The molecule has 1 fully saturated rings. The van der Waals surface area contributed by atoms with Gasteiger partial charge in [-0.2, -0.15) is 0 Å². The highest BCUT2D eigenvalue weighted by Crippen LogP contribution is 2.32. The van der Waals surface area contributed by atoms with Crippen molar-refractivity contribution in [1.29, 1.82) is 0 Å². The summed E-state index contributed by atoms with van der Waals surface area (Å²) in [6.45, 7) is 6.32. The molecule has 0 spiro atoms. The zero-order valence-electron chi connectivity index (χ0n) is 23.0. The van der Waals surface area contributed by atoms with E-state index in [9.17, 15) is 8.42 Å². The van der Waals surface area contributed by atoms with Crippen molar-refractivity contribution in [3.05, 3.63) is 52.9 Å². The molecule has 2 heterocycles. The van der Waals surface area contributed by atoms with Crippen LogP contribution in [0.4, 0.5) is 5.13 Å². The average Bonchev–Trinajstić information content (AvgIpc) is 3.31. The fraction of sp³-hybridized carbons (Fsp3) is 0.552. The number of hydrogen-bond acceptors (Lipinski definition) is 8. The second kappa shape index (κ2) is 12.4. The Labute approximate surface area is 236 Å². The molecule has 0 amide bonds. The van der Waals surface area contributed by atoms with E-state index in [4.69, 9.17) is 5.73 Å². The Morgan fingerprint density at radius 1 is 1.10 bits per heavy atom. The molecule has 39 heavy (non-hydrogen) atoms. The first kappa shape index (κ1) is 28.1. The largest absolute Gasteiger partial charge is 0.375 e. The Kier molecular flexibility index (Phi) is 8.96. The van der Waals surface area contributed by atoms with Crippen LogP contribution in [-0.4, -0.2) is 53.4 Å². The summed E-state index contributed by atoms with van der Waals surface area (Å²) >= 11 is 1.66. The number of hydrogen-bond donors (Lipinski definition) is 2. The molecule has 0 aliphatic heterocycles. The van der Waals surface area contributed by atoms with Crippen LogP contribution < -0.4 is 10.5 Å². The number of aryl methyl sites for hydroxylation is 2. The molecule has 10 heteroatoms. The van der Waals surface area contributed by atoms with Gasteiger partial charge in [-0.25, -0.2) is 28.1 Å². The summed E-state index contributed by atoms with van der Waals surface area (Å²) < 4.78 is 29.4. The lowest BCUT2D eigenvalue weighted by Gasteiger charge is -2.36. The topological polar surface area (TPSA) is 114 Å². The Balaban J connectivity index is 1.13. The molecule has 1 aromatic carbocycles. The second-order valence-electron chi connectivity index (χ2n) is 11.0. The van der Waals surface area contributed by atoms with Gasteiger partial charge in [0.05, 0.1) is 16.3 Å². The second-order valence-corrected chi connectivity index (χ2v) is 13.8. The minimum absolute atomic E-state index is 0.0171. The highest BCUT2D eigenvalue weighted by molar-refractivity contribution is 7.89. The minimum Gasteiger partial charge on any atom is -0.375 e.